The lowest BCUT2D eigenvalue weighted by molar-refractivity contribution is 0.247. The van der Waals surface area contributed by atoms with Gasteiger partial charge in [0, 0.05) is 23.5 Å². The normalized spacial score (nSPS) is 15.9. The lowest BCUT2D eigenvalue weighted by Gasteiger charge is -2.26. The highest BCUT2D eigenvalue weighted by Gasteiger charge is 2.22. The number of amides is 2. The molecular weight excluding hydrogens is 362 g/mol. The van der Waals surface area contributed by atoms with Gasteiger partial charge in [-0.15, -0.1) is 0 Å². The van der Waals surface area contributed by atoms with Gasteiger partial charge in [0.2, 0.25) is 0 Å². The molecule has 1 aliphatic carbocycles. The smallest absolute Gasteiger partial charge is 0.319 e. The molecule has 0 saturated carbocycles. The third-order valence-corrected chi connectivity index (χ3v) is 5.48. The molecule has 2 N–H and O–H groups in total. The van der Waals surface area contributed by atoms with E-state index < -0.39 is 0 Å². The average Bonchev–Trinajstić information content (AvgIpc) is 2.71. The van der Waals surface area contributed by atoms with Crippen LogP contribution in [0.2, 0.25) is 0 Å². The Labute approximate surface area is 170 Å². The number of carbonyl (C=O) groups is 1. The summed E-state index contributed by atoms with van der Waals surface area (Å²) in [6.45, 7) is 4.75. The quantitative estimate of drug-likeness (QED) is 0.669. The molecule has 1 aromatic heterocycles. The van der Waals surface area contributed by atoms with Crippen LogP contribution in [-0.4, -0.2) is 10.6 Å². The molecule has 0 unspecified atom stereocenters. The number of aryl methyl sites for hydroxylation is 1. The third-order valence-electron chi connectivity index (χ3n) is 5.48. The molecule has 0 spiro atoms. The van der Waals surface area contributed by atoms with Crippen molar-refractivity contribution in [1.29, 1.82) is 0 Å². The van der Waals surface area contributed by atoms with E-state index in [-0.39, 0.29) is 17.6 Å². The van der Waals surface area contributed by atoms with E-state index >= 15 is 0 Å². The zero-order chi connectivity index (χ0) is 20.4. The molecular formula is C24H27N3O2. The number of benzene rings is 2. The lowest BCUT2D eigenvalue weighted by atomic mass is 9.88. The number of pyridine rings is 1. The number of fused-ring (bicyclic) bond motifs is 2. The van der Waals surface area contributed by atoms with E-state index in [9.17, 15) is 9.59 Å². The predicted octanol–water partition coefficient (Wildman–Crippen LogP) is 4.86. The van der Waals surface area contributed by atoms with Crippen LogP contribution in [0.1, 0.15) is 43.9 Å². The molecule has 2 amide bonds. The van der Waals surface area contributed by atoms with Crippen LogP contribution in [0.3, 0.4) is 0 Å². The summed E-state index contributed by atoms with van der Waals surface area (Å²) in [6.07, 6.45) is 4.81. The van der Waals surface area contributed by atoms with Crippen molar-refractivity contribution in [2.75, 3.05) is 5.32 Å². The first-order valence-corrected chi connectivity index (χ1v) is 10.3. The highest BCUT2D eigenvalue weighted by molar-refractivity contribution is 6.01. The topological polar surface area (TPSA) is 63.1 Å². The molecule has 5 nitrogen and oxygen atoms in total. The van der Waals surface area contributed by atoms with E-state index in [0.717, 1.165) is 24.6 Å². The van der Waals surface area contributed by atoms with Gasteiger partial charge in [-0.05, 0) is 42.4 Å². The summed E-state index contributed by atoms with van der Waals surface area (Å²) in [7, 11) is 0. The molecule has 29 heavy (non-hydrogen) atoms. The van der Waals surface area contributed by atoms with Crippen LogP contribution in [0.15, 0.2) is 59.5 Å². The first-order chi connectivity index (χ1) is 14.0. The standard InChI is InChI=1S/C24H27N3O2/c1-16(2)14-27-15-22(19-11-5-6-12-20(19)23(27)28)26-24(29)25-21-13-7-9-17-8-3-4-10-18(17)21/h3-6,8,10-12,15-16,21H,7,9,13-14H2,1-2H3,(H2,25,26,29)/t21-/m1/s1. The molecule has 150 valence electrons. The van der Waals surface area contributed by atoms with Crippen LogP contribution < -0.4 is 16.2 Å². The van der Waals surface area contributed by atoms with Crippen molar-refractivity contribution in [1.82, 2.24) is 9.88 Å². The minimum Gasteiger partial charge on any atom is -0.331 e. The van der Waals surface area contributed by atoms with E-state index in [2.05, 4.69) is 36.6 Å². The number of nitrogens with one attached hydrogen (secondary N) is 2. The maximum Gasteiger partial charge on any atom is 0.319 e. The Balaban J connectivity index is 1.62. The minimum absolute atomic E-state index is 0.00721. The number of urea groups is 1. The fourth-order valence-electron chi connectivity index (χ4n) is 4.19. The van der Waals surface area contributed by atoms with Crippen LogP contribution in [-0.2, 0) is 13.0 Å². The highest BCUT2D eigenvalue weighted by atomic mass is 16.2. The van der Waals surface area contributed by atoms with E-state index in [1.807, 2.05) is 36.4 Å². The van der Waals surface area contributed by atoms with Crippen LogP contribution in [0.5, 0.6) is 0 Å². The summed E-state index contributed by atoms with van der Waals surface area (Å²) < 4.78 is 1.69. The molecule has 5 heteroatoms. The van der Waals surface area contributed by atoms with Crippen molar-refractivity contribution >= 4 is 22.5 Å². The van der Waals surface area contributed by atoms with Crippen LogP contribution >= 0.6 is 0 Å². The molecule has 0 saturated heterocycles. The molecule has 0 aliphatic heterocycles. The monoisotopic (exact) mass is 389 g/mol. The number of nitrogens with zero attached hydrogens (tertiary/aromatic N) is 1. The van der Waals surface area contributed by atoms with Gasteiger partial charge >= 0.3 is 6.03 Å². The summed E-state index contributed by atoms with van der Waals surface area (Å²) in [5.74, 6) is 0.328. The Bertz CT molecular complexity index is 1100. The van der Waals surface area contributed by atoms with E-state index in [0.29, 0.717) is 23.5 Å². The first-order valence-electron chi connectivity index (χ1n) is 10.3. The third kappa shape index (κ3) is 4.04. The molecule has 0 radical (unpaired) electrons. The average molecular weight is 389 g/mol. The van der Waals surface area contributed by atoms with Crippen LogP contribution in [0.4, 0.5) is 10.5 Å². The lowest BCUT2D eigenvalue weighted by Crippen LogP contribution is -2.35. The summed E-state index contributed by atoms with van der Waals surface area (Å²) in [6, 6.07) is 15.5. The Morgan fingerprint density at radius 1 is 1.10 bits per heavy atom. The Kier molecular flexibility index (Phi) is 5.38. The molecule has 1 atom stereocenters. The largest absolute Gasteiger partial charge is 0.331 e. The molecule has 0 bridgehead atoms. The maximum absolute atomic E-state index is 12.8. The number of carbonyl (C=O) groups excluding carboxylic acids is 1. The van der Waals surface area contributed by atoms with Gasteiger partial charge in [-0.25, -0.2) is 4.79 Å². The Morgan fingerprint density at radius 2 is 1.83 bits per heavy atom. The number of hydrogen-bond acceptors (Lipinski definition) is 2. The van der Waals surface area contributed by atoms with Gasteiger partial charge in [0.1, 0.15) is 0 Å². The zero-order valence-electron chi connectivity index (χ0n) is 16.9. The fourth-order valence-corrected chi connectivity index (χ4v) is 4.19. The summed E-state index contributed by atoms with van der Waals surface area (Å²) in [5, 5.41) is 7.50. The fraction of sp³-hybridized carbons (Fsp3) is 0.333. The van der Waals surface area contributed by atoms with Crippen molar-refractivity contribution in [3.8, 4) is 0 Å². The van der Waals surface area contributed by atoms with Crippen LogP contribution in [0, 0.1) is 5.92 Å². The van der Waals surface area contributed by atoms with E-state index in [1.165, 1.54) is 11.1 Å². The zero-order valence-corrected chi connectivity index (χ0v) is 16.9. The SMILES string of the molecule is CC(C)Cn1cc(NC(=O)N[C@@H]2CCCc3ccccc32)c2ccccc2c1=O. The number of rotatable bonds is 4. The Morgan fingerprint density at radius 3 is 2.62 bits per heavy atom. The maximum atomic E-state index is 12.8. The highest BCUT2D eigenvalue weighted by Crippen LogP contribution is 2.29. The molecule has 4 rings (SSSR count). The van der Waals surface area contributed by atoms with Gasteiger partial charge in [-0.2, -0.15) is 0 Å². The second-order valence-electron chi connectivity index (χ2n) is 8.18. The van der Waals surface area contributed by atoms with Crippen molar-refractivity contribution < 1.29 is 4.79 Å². The van der Waals surface area contributed by atoms with Crippen molar-refractivity contribution in [3.63, 3.8) is 0 Å². The van der Waals surface area contributed by atoms with Gasteiger partial charge in [-0.1, -0.05) is 56.3 Å². The molecule has 1 aliphatic rings. The second kappa shape index (κ2) is 8.11. The van der Waals surface area contributed by atoms with Gasteiger partial charge < -0.3 is 15.2 Å². The van der Waals surface area contributed by atoms with Gasteiger partial charge in [0.15, 0.2) is 0 Å². The summed E-state index contributed by atoms with van der Waals surface area (Å²) in [5.41, 5.74) is 3.13. The van der Waals surface area contributed by atoms with Crippen molar-refractivity contribution in [3.05, 3.63) is 76.2 Å². The molecule has 2 aromatic carbocycles. The van der Waals surface area contributed by atoms with Crippen molar-refractivity contribution in [2.24, 2.45) is 5.92 Å². The summed E-state index contributed by atoms with van der Waals surface area (Å²) >= 11 is 0. The molecule has 0 fully saturated rings. The van der Waals surface area contributed by atoms with Crippen LogP contribution in [0.25, 0.3) is 10.8 Å². The summed E-state index contributed by atoms with van der Waals surface area (Å²) in [4.78, 5) is 25.6. The van der Waals surface area contributed by atoms with Gasteiger partial charge in [0.25, 0.3) is 5.56 Å². The van der Waals surface area contributed by atoms with E-state index in [1.54, 1.807) is 10.8 Å². The Hall–Kier alpha value is -3.08. The van der Waals surface area contributed by atoms with Gasteiger partial charge in [-0.3, -0.25) is 4.79 Å². The first kappa shape index (κ1) is 19.2. The van der Waals surface area contributed by atoms with Crippen molar-refractivity contribution in [2.45, 2.75) is 45.7 Å². The number of hydrogen-bond donors (Lipinski definition) is 2. The number of aromatic nitrogens is 1. The molecule has 3 aromatic rings. The predicted molar refractivity (Wildman–Crippen MR) is 117 cm³/mol. The number of anilines is 1. The second-order valence-corrected chi connectivity index (χ2v) is 8.18. The molecule has 1 heterocycles. The van der Waals surface area contributed by atoms with Gasteiger partial charge in [0.05, 0.1) is 11.7 Å². The van der Waals surface area contributed by atoms with E-state index in [4.69, 9.17) is 0 Å². The minimum atomic E-state index is -0.244.